The molecule has 1 aliphatic rings. The van der Waals surface area contributed by atoms with E-state index in [4.69, 9.17) is 13.3 Å². The Morgan fingerprint density at radius 2 is 1.54 bits per heavy atom. The van der Waals surface area contributed by atoms with Gasteiger partial charge in [0.2, 0.25) is 0 Å². The molecule has 1 fully saturated rings. The summed E-state index contributed by atoms with van der Waals surface area (Å²) < 4.78 is 17.8. The predicted octanol–water partition coefficient (Wildman–Crippen LogP) is 5.68. The van der Waals surface area contributed by atoms with Gasteiger partial charge in [-0.15, -0.1) is 0 Å². The Morgan fingerprint density at radius 3 is 1.88 bits per heavy atom. The Labute approximate surface area is 164 Å². The van der Waals surface area contributed by atoms with Crippen LogP contribution in [0.1, 0.15) is 73.6 Å². The highest BCUT2D eigenvalue weighted by Gasteiger charge is 2.53. The average Bonchev–Trinajstić information content (AvgIpc) is 3.09. The molecule has 0 aliphatic heterocycles. The van der Waals surface area contributed by atoms with Gasteiger partial charge in [-0.2, -0.15) is 0 Å². The van der Waals surface area contributed by atoms with Crippen LogP contribution in [0.25, 0.3) is 0 Å². The van der Waals surface area contributed by atoms with E-state index in [1.165, 1.54) is 25.7 Å². The topological polar surface area (TPSA) is 44.8 Å². The molecule has 1 atom stereocenters. The number of hydrogen-bond acceptors (Lipinski definition) is 4. The predicted molar refractivity (Wildman–Crippen MR) is 112 cm³/mol. The fraction of sp³-hybridized carbons (Fsp3) is 0.950. The summed E-state index contributed by atoms with van der Waals surface area (Å²) in [5.41, 5.74) is 0.609. The molecule has 1 aliphatic carbocycles. The van der Waals surface area contributed by atoms with E-state index in [0.29, 0.717) is 23.8 Å². The highest BCUT2D eigenvalue weighted by atomic mass is 28.4. The molecule has 0 heterocycles. The summed E-state index contributed by atoms with van der Waals surface area (Å²) in [6.07, 6.45) is 5.70. The second-order valence-electron chi connectivity index (χ2n) is 9.01. The van der Waals surface area contributed by atoms with Crippen LogP contribution in [0.2, 0.25) is 22.7 Å². The summed E-state index contributed by atoms with van der Waals surface area (Å²) in [5, 5.41) is -0.668. The first-order valence-electron chi connectivity index (χ1n) is 10.3. The van der Waals surface area contributed by atoms with Gasteiger partial charge in [0.25, 0.3) is 14.3 Å². The number of hydrogen-bond donors (Lipinski definition) is 0. The van der Waals surface area contributed by atoms with Crippen molar-refractivity contribution in [2.24, 2.45) is 11.8 Å². The van der Waals surface area contributed by atoms with E-state index in [1.807, 2.05) is 13.8 Å². The molecule has 26 heavy (non-hydrogen) atoms. The number of carbonyl (C=O) groups is 1. The lowest BCUT2D eigenvalue weighted by atomic mass is 10.1. The summed E-state index contributed by atoms with van der Waals surface area (Å²) in [4.78, 5) is 13.5. The summed E-state index contributed by atoms with van der Waals surface area (Å²) in [6, 6.07) is 2.15. The quantitative estimate of drug-likeness (QED) is 0.418. The zero-order chi connectivity index (χ0) is 20.0. The van der Waals surface area contributed by atoms with Crippen molar-refractivity contribution in [3.05, 3.63) is 0 Å². The highest BCUT2D eigenvalue weighted by Crippen LogP contribution is 2.48. The van der Waals surface area contributed by atoms with Gasteiger partial charge in [-0.25, -0.2) is 0 Å². The zero-order valence-electron chi connectivity index (χ0n) is 18.3. The van der Waals surface area contributed by atoms with E-state index in [9.17, 15) is 4.79 Å². The van der Waals surface area contributed by atoms with Crippen molar-refractivity contribution in [3.8, 4) is 0 Å². The third-order valence-corrected chi connectivity index (χ3v) is 13.8. The van der Waals surface area contributed by atoms with E-state index in [1.54, 1.807) is 14.2 Å². The third-order valence-electron chi connectivity index (χ3n) is 5.88. The van der Waals surface area contributed by atoms with Crippen LogP contribution in [-0.4, -0.2) is 37.8 Å². The number of rotatable bonds is 11. The molecular weight excluding hydrogens is 360 g/mol. The minimum atomic E-state index is -2.19. The van der Waals surface area contributed by atoms with Crippen molar-refractivity contribution in [1.82, 2.24) is 0 Å². The Hall–Kier alpha value is -0.176. The first kappa shape index (κ1) is 23.9. The molecule has 0 aromatic carbocycles. The molecule has 1 unspecified atom stereocenters. The number of carbonyl (C=O) groups excluding carboxylic acids is 1. The van der Waals surface area contributed by atoms with Gasteiger partial charge in [0.1, 0.15) is 5.04 Å². The minimum absolute atomic E-state index is 0.0718. The summed E-state index contributed by atoms with van der Waals surface area (Å²) in [5.74, 6) is 1.03. The molecular formula is C20H41O4Si2. The van der Waals surface area contributed by atoms with E-state index < -0.39 is 22.6 Å². The molecule has 153 valence electrons. The molecule has 0 N–H and O–H groups in total. The van der Waals surface area contributed by atoms with Gasteiger partial charge < -0.3 is 13.3 Å². The molecule has 0 bridgehead atoms. The molecule has 1 rings (SSSR count). The second-order valence-corrected chi connectivity index (χ2v) is 15.5. The van der Waals surface area contributed by atoms with Crippen molar-refractivity contribution in [2.75, 3.05) is 14.2 Å². The minimum Gasteiger partial charge on any atom is -0.518 e. The summed E-state index contributed by atoms with van der Waals surface area (Å²) in [6.45, 7) is 13.1. The van der Waals surface area contributed by atoms with Crippen LogP contribution in [0.4, 0.5) is 0 Å². The highest BCUT2D eigenvalue weighted by molar-refractivity contribution is 6.77. The third kappa shape index (κ3) is 5.66. The van der Waals surface area contributed by atoms with E-state index in [0.717, 1.165) is 12.1 Å². The van der Waals surface area contributed by atoms with Gasteiger partial charge in [0.05, 0.1) is 0 Å². The van der Waals surface area contributed by atoms with Crippen molar-refractivity contribution in [2.45, 2.75) is 96.3 Å². The van der Waals surface area contributed by atoms with Crippen LogP contribution < -0.4 is 0 Å². The van der Waals surface area contributed by atoms with E-state index in [-0.39, 0.29) is 5.97 Å². The van der Waals surface area contributed by atoms with Crippen LogP contribution in [0, 0.1) is 11.8 Å². The van der Waals surface area contributed by atoms with Gasteiger partial charge >= 0.3 is 9.28 Å². The lowest BCUT2D eigenvalue weighted by Crippen LogP contribution is -2.51. The fourth-order valence-electron chi connectivity index (χ4n) is 4.62. The van der Waals surface area contributed by atoms with Crippen LogP contribution >= 0.6 is 0 Å². The smallest absolute Gasteiger partial charge is 0.402 e. The van der Waals surface area contributed by atoms with Crippen molar-refractivity contribution >= 4 is 23.6 Å². The lowest BCUT2D eigenvalue weighted by molar-refractivity contribution is -0.139. The summed E-state index contributed by atoms with van der Waals surface area (Å²) in [7, 11) is -0.623. The molecule has 0 spiro atoms. The Kier molecular flexibility index (Phi) is 9.54. The molecule has 1 radical (unpaired) electrons. The first-order valence-corrected chi connectivity index (χ1v) is 14.1. The van der Waals surface area contributed by atoms with Crippen molar-refractivity contribution < 1.29 is 18.1 Å². The Bertz CT molecular complexity index is 422. The zero-order valence-corrected chi connectivity index (χ0v) is 20.3. The average molecular weight is 402 g/mol. The Balaban J connectivity index is 3.21. The van der Waals surface area contributed by atoms with Gasteiger partial charge in [0.15, 0.2) is 0 Å². The maximum absolute atomic E-state index is 13.5. The molecule has 0 aromatic heterocycles. The van der Waals surface area contributed by atoms with Crippen LogP contribution in [0.5, 0.6) is 0 Å². The van der Waals surface area contributed by atoms with E-state index >= 15 is 0 Å². The van der Waals surface area contributed by atoms with Gasteiger partial charge in [-0.1, -0.05) is 47.5 Å². The fourth-order valence-corrected chi connectivity index (χ4v) is 12.3. The Morgan fingerprint density at radius 1 is 1.08 bits per heavy atom. The van der Waals surface area contributed by atoms with Gasteiger partial charge in [-0.05, 0) is 55.7 Å². The van der Waals surface area contributed by atoms with Crippen LogP contribution in [0.15, 0.2) is 0 Å². The molecule has 0 saturated heterocycles. The first-order chi connectivity index (χ1) is 12.1. The van der Waals surface area contributed by atoms with Crippen molar-refractivity contribution in [1.29, 1.82) is 0 Å². The SMILES string of the molecule is CCC(C)(C(=O)O[Si](CC(C)C)(CC(C)C)C1CCCC1)[Si](OC)OC. The molecule has 6 heteroatoms. The summed E-state index contributed by atoms with van der Waals surface area (Å²) >= 11 is 0. The van der Waals surface area contributed by atoms with Crippen LogP contribution in [0.3, 0.4) is 0 Å². The molecule has 1 saturated carbocycles. The molecule has 0 amide bonds. The molecule has 0 aromatic rings. The monoisotopic (exact) mass is 401 g/mol. The largest absolute Gasteiger partial charge is 0.518 e. The van der Waals surface area contributed by atoms with Crippen LogP contribution in [-0.2, 0) is 18.1 Å². The maximum Gasteiger partial charge on any atom is 0.402 e. The standard InChI is InChI=1S/C20H41O4Si2/c1-9-20(6,25(22-7)23-8)19(21)24-26(14-16(2)3,15-17(4)5)18-12-10-11-13-18/h16-18H,9-15H2,1-8H3. The maximum atomic E-state index is 13.5. The molecule has 4 nitrogen and oxygen atoms in total. The lowest BCUT2D eigenvalue weighted by Gasteiger charge is -2.42. The van der Waals surface area contributed by atoms with E-state index in [2.05, 4.69) is 27.7 Å². The van der Waals surface area contributed by atoms with Gasteiger partial charge in [-0.3, -0.25) is 4.79 Å². The van der Waals surface area contributed by atoms with Gasteiger partial charge in [0, 0.05) is 14.2 Å². The normalized spacial score (nSPS) is 18.7. The van der Waals surface area contributed by atoms with Crippen molar-refractivity contribution in [3.63, 3.8) is 0 Å². The second kappa shape index (κ2) is 10.4.